The summed E-state index contributed by atoms with van der Waals surface area (Å²) in [4.78, 5) is 40.5. The van der Waals surface area contributed by atoms with Crippen LogP contribution in [0, 0.1) is 5.82 Å². The van der Waals surface area contributed by atoms with Crippen molar-refractivity contribution in [1.82, 2.24) is 15.1 Å². The van der Waals surface area contributed by atoms with Crippen LogP contribution < -0.4 is 5.32 Å². The molecule has 0 aromatic heterocycles. The van der Waals surface area contributed by atoms with E-state index in [0.717, 1.165) is 17.7 Å². The molecule has 196 valence electrons. The summed E-state index contributed by atoms with van der Waals surface area (Å²) in [5, 5.41) is 2.33. The van der Waals surface area contributed by atoms with Crippen molar-refractivity contribution in [3.63, 3.8) is 0 Å². The molecule has 1 unspecified atom stereocenters. The van der Waals surface area contributed by atoms with Crippen molar-refractivity contribution in [1.29, 1.82) is 0 Å². The van der Waals surface area contributed by atoms with Crippen molar-refractivity contribution in [3.8, 4) is 0 Å². The smallest absolute Gasteiger partial charge is 0.322 e. The third kappa shape index (κ3) is 5.09. The van der Waals surface area contributed by atoms with Gasteiger partial charge in [-0.1, -0.05) is 17.7 Å². The van der Waals surface area contributed by atoms with Gasteiger partial charge in [-0.3, -0.25) is 24.6 Å². The lowest BCUT2D eigenvalue weighted by molar-refractivity contribution is -0.138. The molecule has 0 spiro atoms. The van der Waals surface area contributed by atoms with Crippen molar-refractivity contribution in [2.24, 2.45) is 0 Å². The van der Waals surface area contributed by atoms with Crippen molar-refractivity contribution in [3.05, 3.63) is 69.0 Å². The zero-order chi connectivity index (χ0) is 26.5. The Labute approximate surface area is 215 Å². The topological polar surface area (TPSA) is 69.7 Å². The highest BCUT2D eigenvalue weighted by Gasteiger charge is 2.41. The molecule has 1 atom stereocenters. The minimum Gasteiger partial charge on any atom is -0.322 e. The number of hydrogen-bond donors (Lipinski definition) is 1. The summed E-state index contributed by atoms with van der Waals surface area (Å²) in [6.45, 7) is 1.82. The molecule has 0 bridgehead atoms. The zero-order valence-corrected chi connectivity index (χ0v) is 20.5. The molecule has 6 nitrogen and oxygen atoms in total. The number of alkyl halides is 3. The first kappa shape index (κ1) is 25.7. The fraction of sp³-hybridized carbons (Fsp3) is 0.423. The summed E-state index contributed by atoms with van der Waals surface area (Å²) < 4.78 is 53.3. The maximum absolute atomic E-state index is 14.6. The second-order valence-electron chi connectivity index (χ2n) is 9.78. The average molecular weight is 538 g/mol. The predicted octanol–water partition coefficient (Wildman–Crippen LogP) is 4.64. The van der Waals surface area contributed by atoms with Gasteiger partial charge in [0.05, 0.1) is 5.56 Å². The number of hydrogen-bond acceptors (Lipinski definition) is 4. The van der Waals surface area contributed by atoms with Gasteiger partial charge in [0.1, 0.15) is 11.9 Å². The van der Waals surface area contributed by atoms with Gasteiger partial charge in [0.15, 0.2) is 0 Å². The lowest BCUT2D eigenvalue weighted by Gasteiger charge is -2.33. The monoisotopic (exact) mass is 537 g/mol. The molecular weight excluding hydrogens is 514 g/mol. The Hall–Kier alpha value is -2.98. The number of fused-ring (bicyclic) bond motifs is 1. The molecule has 0 saturated carbocycles. The van der Waals surface area contributed by atoms with Gasteiger partial charge in [-0.25, -0.2) is 4.39 Å². The number of benzene rings is 2. The van der Waals surface area contributed by atoms with E-state index in [4.69, 9.17) is 11.6 Å². The molecular formula is C26H24ClF4N3O3. The van der Waals surface area contributed by atoms with Crippen LogP contribution in [0.2, 0.25) is 5.02 Å². The van der Waals surface area contributed by atoms with Gasteiger partial charge in [-0.05, 0) is 79.2 Å². The van der Waals surface area contributed by atoms with E-state index in [1.165, 1.54) is 23.1 Å². The summed E-state index contributed by atoms with van der Waals surface area (Å²) in [5.74, 6) is -1.85. The molecule has 2 saturated heterocycles. The number of carbonyl (C=O) groups excluding carboxylic acids is 3. The third-order valence-electron chi connectivity index (χ3n) is 7.46. The van der Waals surface area contributed by atoms with Gasteiger partial charge in [-0.2, -0.15) is 13.2 Å². The maximum Gasteiger partial charge on any atom is 0.416 e. The number of halogens is 5. The Morgan fingerprint density at radius 2 is 1.76 bits per heavy atom. The molecule has 3 aliphatic heterocycles. The molecule has 0 aliphatic carbocycles. The molecule has 11 heteroatoms. The van der Waals surface area contributed by atoms with E-state index in [1.807, 2.05) is 0 Å². The van der Waals surface area contributed by atoms with E-state index in [2.05, 4.69) is 10.2 Å². The molecule has 2 fully saturated rings. The van der Waals surface area contributed by atoms with Gasteiger partial charge >= 0.3 is 6.18 Å². The summed E-state index contributed by atoms with van der Waals surface area (Å²) in [7, 11) is 0. The Kier molecular flexibility index (Phi) is 6.74. The van der Waals surface area contributed by atoms with E-state index in [-0.39, 0.29) is 41.8 Å². The van der Waals surface area contributed by atoms with Crippen molar-refractivity contribution in [2.45, 2.75) is 56.9 Å². The molecule has 3 aliphatic rings. The van der Waals surface area contributed by atoms with Crippen LogP contribution >= 0.6 is 11.6 Å². The molecule has 2 aromatic carbocycles. The molecule has 0 radical (unpaired) electrons. The minimum absolute atomic E-state index is 0.0155. The number of piperidine rings is 2. The molecule has 3 heterocycles. The van der Waals surface area contributed by atoms with Crippen molar-refractivity contribution < 1.29 is 31.9 Å². The quantitative estimate of drug-likeness (QED) is 0.456. The maximum atomic E-state index is 14.6. The molecule has 37 heavy (non-hydrogen) atoms. The van der Waals surface area contributed by atoms with E-state index < -0.39 is 35.4 Å². The van der Waals surface area contributed by atoms with Crippen LogP contribution in [0.15, 0.2) is 30.3 Å². The lowest BCUT2D eigenvalue weighted by atomic mass is 9.85. The highest BCUT2D eigenvalue weighted by Crippen LogP contribution is 2.38. The fourth-order valence-corrected chi connectivity index (χ4v) is 5.75. The second-order valence-corrected chi connectivity index (χ2v) is 10.2. The predicted molar refractivity (Wildman–Crippen MR) is 126 cm³/mol. The Bertz CT molecular complexity index is 1270. The van der Waals surface area contributed by atoms with E-state index >= 15 is 0 Å². The van der Waals surface area contributed by atoms with Crippen LogP contribution in [-0.2, 0) is 28.9 Å². The van der Waals surface area contributed by atoms with Crippen LogP contribution in [0.1, 0.15) is 64.2 Å². The van der Waals surface area contributed by atoms with E-state index in [1.54, 1.807) is 0 Å². The molecule has 3 amide bonds. The Morgan fingerprint density at radius 3 is 2.41 bits per heavy atom. The molecule has 2 aromatic rings. The van der Waals surface area contributed by atoms with Gasteiger partial charge < -0.3 is 4.90 Å². The van der Waals surface area contributed by atoms with Crippen molar-refractivity contribution >= 4 is 29.3 Å². The second kappa shape index (κ2) is 9.72. The van der Waals surface area contributed by atoms with Crippen LogP contribution in [0.5, 0.6) is 0 Å². The highest BCUT2D eigenvalue weighted by molar-refractivity contribution is 6.31. The first-order chi connectivity index (χ1) is 17.5. The van der Waals surface area contributed by atoms with Crippen LogP contribution in [0.25, 0.3) is 0 Å². The van der Waals surface area contributed by atoms with Crippen LogP contribution in [-0.4, -0.2) is 46.7 Å². The SMILES string of the molecule is O=C1CCC(N2Cc3c(cc(F)cc3C3CCN(Cc4ccc(C(F)(F)F)cc4Cl)CC3)C2=O)C(=O)N1. The van der Waals surface area contributed by atoms with Gasteiger partial charge in [0.2, 0.25) is 11.8 Å². The summed E-state index contributed by atoms with van der Waals surface area (Å²) in [6, 6.07) is 5.23. The number of rotatable bonds is 4. The highest BCUT2D eigenvalue weighted by atomic mass is 35.5. The van der Waals surface area contributed by atoms with Crippen molar-refractivity contribution in [2.75, 3.05) is 13.1 Å². The van der Waals surface area contributed by atoms with Gasteiger partial charge in [0, 0.05) is 30.1 Å². The van der Waals surface area contributed by atoms with Gasteiger partial charge in [0.25, 0.3) is 5.91 Å². The first-order valence-electron chi connectivity index (χ1n) is 12.1. The summed E-state index contributed by atoms with van der Waals surface area (Å²) in [5.41, 5.74) is 1.51. The first-order valence-corrected chi connectivity index (χ1v) is 12.4. The summed E-state index contributed by atoms with van der Waals surface area (Å²) in [6.07, 6.45) is -2.76. The number of likely N-dealkylation sites (tertiary alicyclic amines) is 1. The molecule has 5 rings (SSSR count). The lowest BCUT2D eigenvalue weighted by Crippen LogP contribution is -2.52. The van der Waals surface area contributed by atoms with E-state index in [0.29, 0.717) is 43.6 Å². The fourth-order valence-electron chi connectivity index (χ4n) is 5.51. The number of imide groups is 1. The van der Waals surface area contributed by atoms with Crippen LogP contribution in [0.3, 0.4) is 0 Å². The minimum atomic E-state index is -4.46. The Balaban J connectivity index is 1.28. The number of carbonyl (C=O) groups is 3. The number of nitrogens with zero attached hydrogens (tertiary/aromatic N) is 2. The standard InChI is InChI=1S/C26H24ClF4N3O3/c27-21-9-16(26(29,30)31)2-1-15(21)12-33-7-5-14(6-8-33)18-10-17(28)11-19-20(18)13-34(25(19)37)22-3-4-23(35)32-24(22)36/h1-2,9-11,14,22H,3-8,12-13H2,(H,32,35,36). The van der Waals surface area contributed by atoms with E-state index in [9.17, 15) is 31.9 Å². The molecule has 1 N–H and O–H groups in total. The Morgan fingerprint density at radius 1 is 1.03 bits per heavy atom. The normalized spacial score (nSPS) is 21.4. The van der Waals surface area contributed by atoms with Crippen LogP contribution in [0.4, 0.5) is 17.6 Å². The third-order valence-corrected chi connectivity index (χ3v) is 7.81. The largest absolute Gasteiger partial charge is 0.416 e. The number of amides is 3. The zero-order valence-electron chi connectivity index (χ0n) is 19.7. The van der Waals surface area contributed by atoms with Gasteiger partial charge in [-0.15, -0.1) is 0 Å². The average Bonchev–Trinajstić information content (AvgIpc) is 3.16. The summed E-state index contributed by atoms with van der Waals surface area (Å²) >= 11 is 6.12. The number of nitrogens with one attached hydrogen (secondary N) is 1.